The number of rotatable bonds is 8. The van der Waals surface area contributed by atoms with Gasteiger partial charge in [-0.1, -0.05) is 47.7 Å². The second kappa shape index (κ2) is 9.46. The van der Waals surface area contributed by atoms with Gasteiger partial charge in [-0.3, -0.25) is 0 Å². The molecule has 2 aromatic carbocycles. The van der Waals surface area contributed by atoms with Crippen molar-refractivity contribution in [3.05, 3.63) is 71.5 Å². The Kier molecular flexibility index (Phi) is 6.29. The van der Waals surface area contributed by atoms with Crippen LogP contribution in [-0.2, 0) is 12.8 Å². The predicted octanol–water partition coefficient (Wildman–Crippen LogP) is 3.24. The van der Waals surface area contributed by atoms with Crippen molar-refractivity contribution >= 4 is 0 Å². The molecule has 4 rings (SSSR count). The van der Waals surface area contributed by atoms with Gasteiger partial charge in [0, 0.05) is 18.9 Å². The van der Waals surface area contributed by atoms with Crippen molar-refractivity contribution < 1.29 is 4.74 Å². The van der Waals surface area contributed by atoms with E-state index in [0.29, 0.717) is 12.5 Å². The summed E-state index contributed by atoms with van der Waals surface area (Å²) in [5, 5.41) is 14.5. The van der Waals surface area contributed by atoms with Crippen molar-refractivity contribution in [3.63, 3.8) is 0 Å². The Morgan fingerprint density at radius 3 is 2.39 bits per heavy atom. The summed E-state index contributed by atoms with van der Waals surface area (Å²) >= 11 is 0. The smallest absolute Gasteiger partial charge is 0.177 e. The van der Waals surface area contributed by atoms with Crippen LogP contribution in [0, 0.1) is 0 Å². The highest BCUT2D eigenvalue weighted by atomic mass is 16.5. The topological polar surface area (TPSA) is 66.9 Å². The summed E-state index contributed by atoms with van der Waals surface area (Å²) in [6.07, 6.45) is 4.21. The Labute approximate surface area is 165 Å². The molecule has 6 heteroatoms. The summed E-state index contributed by atoms with van der Waals surface area (Å²) in [6.45, 7) is 3.99. The van der Waals surface area contributed by atoms with E-state index in [4.69, 9.17) is 4.74 Å². The van der Waals surface area contributed by atoms with E-state index in [0.717, 1.165) is 56.9 Å². The van der Waals surface area contributed by atoms with Crippen LogP contribution in [0.5, 0.6) is 5.75 Å². The summed E-state index contributed by atoms with van der Waals surface area (Å²) in [7, 11) is 0. The lowest BCUT2D eigenvalue weighted by molar-refractivity contribution is 0.211. The van der Waals surface area contributed by atoms with Crippen molar-refractivity contribution in [1.29, 1.82) is 0 Å². The molecule has 1 aliphatic heterocycles. The van der Waals surface area contributed by atoms with Gasteiger partial charge in [0.05, 0.1) is 6.61 Å². The highest BCUT2D eigenvalue weighted by Gasteiger charge is 2.23. The summed E-state index contributed by atoms with van der Waals surface area (Å²) in [5.41, 5.74) is 2.66. The van der Waals surface area contributed by atoms with Gasteiger partial charge in [-0.2, -0.15) is 5.21 Å². The lowest BCUT2D eigenvalue weighted by atomic mass is 9.96. The molecule has 1 aliphatic rings. The van der Waals surface area contributed by atoms with Crippen molar-refractivity contribution in [1.82, 2.24) is 25.5 Å². The summed E-state index contributed by atoms with van der Waals surface area (Å²) in [5.74, 6) is 2.26. The zero-order chi connectivity index (χ0) is 19.0. The molecule has 0 amide bonds. The minimum atomic E-state index is 0.447. The molecule has 0 unspecified atom stereocenters. The SMILES string of the molecule is c1ccc(CCOc2ccc(CCN3CCC(c4nn[nH]n4)CC3)cc2)cc1. The maximum atomic E-state index is 5.88. The van der Waals surface area contributed by atoms with E-state index >= 15 is 0 Å². The Morgan fingerprint density at radius 2 is 1.68 bits per heavy atom. The number of piperidine rings is 1. The number of tetrazole rings is 1. The van der Waals surface area contributed by atoms with Gasteiger partial charge >= 0.3 is 0 Å². The molecule has 1 fully saturated rings. The molecule has 0 saturated carbocycles. The van der Waals surface area contributed by atoms with Gasteiger partial charge in [0.1, 0.15) is 5.75 Å². The number of ether oxygens (including phenoxy) is 1. The first-order valence-corrected chi connectivity index (χ1v) is 10.1. The number of nitrogens with one attached hydrogen (secondary N) is 1. The van der Waals surface area contributed by atoms with Crippen LogP contribution in [0.15, 0.2) is 54.6 Å². The zero-order valence-corrected chi connectivity index (χ0v) is 16.1. The van der Waals surface area contributed by atoms with Crippen LogP contribution < -0.4 is 4.74 Å². The van der Waals surface area contributed by atoms with E-state index in [1.54, 1.807) is 0 Å². The third kappa shape index (κ3) is 5.16. The second-order valence-corrected chi connectivity index (χ2v) is 7.36. The lowest BCUT2D eigenvalue weighted by Crippen LogP contribution is -2.34. The molecule has 0 spiro atoms. The molecule has 1 aromatic heterocycles. The third-order valence-electron chi connectivity index (χ3n) is 5.46. The summed E-state index contributed by atoms with van der Waals surface area (Å²) in [4.78, 5) is 2.53. The van der Waals surface area contributed by atoms with E-state index < -0.39 is 0 Å². The number of H-pyrrole nitrogens is 1. The molecule has 0 bridgehead atoms. The number of nitrogens with zero attached hydrogens (tertiary/aromatic N) is 4. The van der Waals surface area contributed by atoms with E-state index in [-0.39, 0.29) is 0 Å². The molecule has 1 saturated heterocycles. The van der Waals surface area contributed by atoms with Crippen LogP contribution in [0.3, 0.4) is 0 Å². The second-order valence-electron chi connectivity index (χ2n) is 7.36. The van der Waals surface area contributed by atoms with Gasteiger partial charge in [0.25, 0.3) is 0 Å². The Hall–Kier alpha value is -2.73. The van der Waals surface area contributed by atoms with E-state index in [1.165, 1.54) is 11.1 Å². The molecule has 0 aliphatic carbocycles. The number of aromatic amines is 1. The number of hydrogen-bond donors (Lipinski definition) is 1. The molecular weight excluding hydrogens is 350 g/mol. The fraction of sp³-hybridized carbons (Fsp3) is 0.409. The fourth-order valence-corrected chi connectivity index (χ4v) is 3.73. The van der Waals surface area contributed by atoms with E-state index in [9.17, 15) is 0 Å². The van der Waals surface area contributed by atoms with Crippen molar-refractivity contribution in [2.45, 2.75) is 31.6 Å². The van der Waals surface area contributed by atoms with Crippen LogP contribution in [0.2, 0.25) is 0 Å². The fourth-order valence-electron chi connectivity index (χ4n) is 3.73. The molecule has 6 nitrogen and oxygen atoms in total. The van der Waals surface area contributed by atoms with Gasteiger partial charge in [-0.15, -0.1) is 10.2 Å². The maximum Gasteiger partial charge on any atom is 0.177 e. The number of hydrogen-bond acceptors (Lipinski definition) is 5. The third-order valence-corrected chi connectivity index (χ3v) is 5.46. The first-order chi connectivity index (χ1) is 13.9. The van der Waals surface area contributed by atoms with Gasteiger partial charge in [0.15, 0.2) is 5.82 Å². The van der Waals surface area contributed by atoms with Gasteiger partial charge in [-0.05, 0) is 55.6 Å². The number of benzene rings is 2. The van der Waals surface area contributed by atoms with Crippen LogP contribution in [-0.4, -0.2) is 51.8 Å². The Morgan fingerprint density at radius 1 is 0.929 bits per heavy atom. The largest absolute Gasteiger partial charge is 0.493 e. The molecule has 2 heterocycles. The van der Waals surface area contributed by atoms with E-state index in [2.05, 4.69) is 74.1 Å². The van der Waals surface area contributed by atoms with Crippen LogP contribution in [0.1, 0.15) is 35.7 Å². The number of likely N-dealkylation sites (tertiary alicyclic amines) is 1. The zero-order valence-electron chi connectivity index (χ0n) is 16.1. The van der Waals surface area contributed by atoms with Gasteiger partial charge in [0.2, 0.25) is 0 Å². The molecule has 146 valence electrons. The first-order valence-electron chi connectivity index (χ1n) is 10.1. The van der Waals surface area contributed by atoms with Crippen LogP contribution in [0.25, 0.3) is 0 Å². The molecule has 3 aromatic rings. The van der Waals surface area contributed by atoms with Crippen molar-refractivity contribution in [2.24, 2.45) is 0 Å². The van der Waals surface area contributed by atoms with Gasteiger partial charge < -0.3 is 9.64 Å². The minimum absolute atomic E-state index is 0.447. The summed E-state index contributed by atoms with van der Waals surface area (Å²) < 4.78 is 5.88. The predicted molar refractivity (Wildman–Crippen MR) is 108 cm³/mol. The maximum absolute atomic E-state index is 5.88. The highest BCUT2D eigenvalue weighted by molar-refractivity contribution is 5.27. The molecule has 0 radical (unpaired) electrons. The monoisotopic (exact) mass is 377 g/mol. The standard InChI is InChI=1S/C22H27N5O/c1-2-4-18(5-3-1)13-17-28-21-8-6-19(7-9-21)10-14-27-15-11-20(12-16-27)22-23-25-26-24-22/h1-9,20H,10-17H2,(H,23,24,25,26). The van der Waals surface area contributed by atoms with Crippen LogP contribution in [0.4, 0.5) is 0 Å². The van der Waals surface area contributed by atoms with Crippen LogP contribution >= 0.6 is 0 Å². The van der Waals surface area contributed by atoms with Crippen molar-refractivity contribution in [3.8, 4) is 5.75 Å². The average Bonchev–Trinajstić information content (AvgIpc) is 3.29. The summed E-state index contributed by atoms with van der Waals surface area (Å²) in [6, 6.07) is 19.0. The minimum Gasteiger partial charge on any atom is -0.493 e. The molecule has 28 heavy (non-hydrogen) atoms. The highest BCUT2D eigenvalue weighted by Crippen LogP contribution is 2.24. The van der Waals surface area contributed by atoms with E-state index in [1.807, 2.05) is 6.07 Å². The Balaban J connectivity index is 1.17. The van der Waals surface area contributed by atoms with Crippen molar-refractivity contribution in [2.75, 3.05) is 26.2 Å². The molecular formula is C22H27N5O. The molecule has 1 N–H and O–H groups in total. The van der Waals surface area contributed by atoms with Gasteiger partial charge in [-0.25, -0.2) is 0 Å². The average molecular weight is 377 g/mol. The normalized spacial score (nSPS) is 15.6. The quantitative estimate of drug-likeness (QED) is 0.653. The number of aromatic nitrogens is 4. The lowest BCUT2D eigenvalue weighted by Gasteiger charge is -2.30. The Bertz CT molecular complexity index is 812. The first kappa shape index (κ1) is 18.6. The molecule has 0 atom stereocenters.